The molecule has 2 N–H and O–H groups in total. The summed E-state index contributed by atoms with van der Waals surface area (Å²) in [7, 11) is -3.77. The van der Waals surface area contributed by atoms with Crippen LogP contribution in [0.3, 0.4) is 0 Å². The van der Waals surface area contributed by atoms with Crippen LogP contribution < -0.4 is 10.0 Å². The molecule has 3 rings (SSSR count). The zero-order valence-corrected chi connectivity index (χ0v) is 12.3. The Balaban J connectivity index is 1.85. The number of hydrogen-bond donors (Lipinski definition) is 2. The molecule has 1 heterocycles. The number of hydrogen-bond acceptors (Lipinski definition) is 5. The fourth-order valence-electron chi connectivity index (χ4n) is 2.33. The highest BCUT2D eigenvalue weighted by Gasteiger charge is 2.17. The summed E-state index contributed by atoms with van der Waals surface area (Å²) in [4.78, 5) is 10.0. The molecule has 0 aromatic heterocycles. The van der Waals surface area contributed by atoms with Gasteiger partial charge in [-0.1, -0.05) is 0 Å². The van der Waals surface area contributed by atoms with Crippen LogP contribution in [0.1, 0.15) is 5.56 Å². The van der Waals surface area contributed by atoms with Crippen LogP contribution in [0.15, 0.2) is 47.4 Å². The maximum absolute atomic E-state index is 12.3. The van der Waals surface area contributed by atoms with Gasteiger partial charge < -0.3 is 5.32 Å². The van der Waals surface area contributed by atoms with Crippen LogP contribution in [-0.2, 0) is 16.4 Å². The van der Waals surface area contributed by atoms with E-state index in [0.29, 0.717) is 5.69 Å². The lowest BCUT2D eigenvalue weighted by Gasteiger charge is -2.09. The monoisotopic (exact) mass is 319 g/mol. The molecule has 0 saturated carbocycles. The number of rotatable bonds is 4. The van der Waals surface area contributed by atoms with Crippen LogP contribution in [0, 0.1) is 10.1 Å². The predicted octanol–water partition coefficient (Wildman–Crippen LogP) is 2.36. The van der Waals surface area contributed by atoms with Gasteiger partial charge in [-0.05, 0) is 42.3 Å². The maximum atomic E-state index is 12.3. The Labute approximate surface area is 127 Å². The standard InChI is InChI=1S/C14H13N3O4S/c18-17(19)12-2-4-13(5-3-12)22(20,21)16-11-1-6-14-10(9-11)7-8-15-14/h1-6,9,15-16H,7-8H2. The Kier molecular flexibility index (Phi) is 3.45. The molecule has 0 spiro atoms. The van der Waals surface area contributed by atoms with E-state index in [1.54, 1.807) is 12.1 Å². The predicted molar refractivity (Wildman–Crippen MR) is 82.5 cm³/mol. The summed E-state index contributed by atoms with van der Waals surface area (Å²) in [6, 6.07) is 10.1. The molecule has 0 radical (unpaired) electrons. The first-order valence-corrected chi connectivity index (χ1v) is 8.08. The molecule has 0 fully saturated rings. The summed E-state index contributed by atoms with van der Waals surface area (Å²) in [5.41, 5.74) is 2.39. The third-order valence-corrected chi connectivity index (χ3v) is 4.82. The second kappa shape index (κ2) is 5.30. The number of nitrogens with zero attached hydrogens (tertiary/aromatic N) is 1. The third-order valence-electron chi connectivity index (χ3n) is 3.43. The summed E-state index contributed by atoms with van der Waals surface area (Å²) < 4.78 is 27.1. The molecule has 0 saturated heterocycles. The van der Waals surface area contributed by atoms with Gasteiger partial charge in [0.2, 0.25) is 0 Å². The van der Waals surface area contributed by atoms with E-state index in [-0.39, 0.29) is 10.6 Å². The highest BCUT2D eigenvalue weighted by Crippen LogP contribution is 2.27. The van der Waals surface area contributed by atoms with E-state index in [9.17, 15) is 18.5 Å². The first-order valence-electron chi connectivity index (χ1n) is 6.60. The van der Waals surface area contributed by atoms with Crippen molar-refractivity contribution in [3.63, 3.8) is 0 Å². The van der Waals surface area contributed by atoms with Crippen LogP contribution in [0.5, 0.6) is 0 Å². The van der Waals surface area contributed by atoms with Crippen molar-refractivity contribution in [3.8, 4) is 0 Å². The lowest BCUT2D eigenvalue weighted by atomic mass is 10.1. The molecule has 8 heteroatoms. The van der Waals surface area contributed by atoms with E-state index < -0.39 is 14.9 Å². The Morgan fingerprint density at radius 2 is 1.86 bits per heavy atom. The van der Waals surface area contributed by atoms with E-state index in [1.807, 2.05) is 6.07 Å². The molecule has 0 unspecified atom stereocenters. The summed E-state index contributed by atoms with van der Waals surface area (Å²) >= 11 is 0. The average molecular weight is 319 g/mol. The molecule has 22 heavy (non-hydrogen) atoms. The summed E-state index contributed by atoms with van der Waals surface area (Å²) in [6.45, 7) is 0.841. The zero-order valence-electron chi connectivity index (χ0n) is 11.4. The number of anilines is 2. The van der Waals surface area contributed by atoms with Crippen molar-refractivity contribution in [2.45, 2.75) is 11.3 Å². The van der Waals surface area contributed by atoms with Gasteiger partial charge in [0.15, 0.2) is 0 Å². The zero-order chi connectivity index (χ0) is 15.7. The molecule has 1 aliphatic rings. The molecular weight excluding hydrogens is 306 g/mol. The topological polar surface area (TPSA) is 101 Å². The van der Waals surface area contributed by atoms with Crippen molar-refractivity contribution in [1.82, 2.24) is 0 Å². The third kappa shape index (κ3) is 2.73. The number of nitrogens with one attached hydrogen (secondary N) is 2. The van der Waals surface area contributed by atoms with Crippen molar-refractivity contribution in [3.05, 3.63) is 58.1 Å². The number of sulfonamides is 1. The Bertz CT molecular complexity index is 832. The molecule has 2 aromatic rings. The van der Waals surface area contributed by atoms with Gasteiger partial charge in [0, 0.05) is 30.1 Å². The molecule has 7 nitrogen and oxygen atoms in total. The molecular formula is C14H13N3O4S. The molecule has 0 atom stereocenters. The Morgan fingerprint density at radius 3 is 2.55 bits per heavy atom. The van der Waals surface area contributed by atoms with Gasteiger partial charge in [0.05, 0.1) is 9.82 Å². The highest BCUT2D eigenvalue weighted by molar-refractivity contribution is 7.92. The van der Waals surface area contributed by atoms with Gasteiger partial charge in [-0.2, -0.15) is 0 Å². The van der Waals surface area contributed by atoms with Crippen molar-refractivity contribution < 1.29 is 13.3 Å². The fraction of sp³-hybridized carbons (Fsp3) is 0.143. The number of fused-ring (bicyclic) bond motifs is 1. The molecule has 0 aliphatic carbocycles. The minimum Gasteiger partial charge on any atom is -0.384 e. The van der Waals surface area contributed by atoms with Crippen LogP contribution in [-0.4, -0.2) is 19.9 Å². The van der Waals surface area contributed by atoms with Gasteiger partial charge in [-0.15, -0.1) is 0 Å². The lowest BCUT2D eigenvalue weighted by Crippen LogP contribution is -2.13. The van der Waals surface area contributed by atoms with E-state index in [0.717, 1.165) is 24.2 Å². The van der Waals surface area contributed by atoms with Crippen LogP contribution in [0.4, 0.5) is 17.1 Å². The van der Waals surface area contributed by atoms with E-state index in [1.165, 1.54) is 24.3 Å². The van der Waals surface area contributed by atoms with Gasteiger partial charge in [0.1, 0.15) is 0 Å². The van der Waals surface area contributed by atoms with E-state index >= 15 is 0 Å². The SMILES string of the molecule is O=[N+]([O-])c1ccc(S(=O)(=O)Nc2ccc3c(c2)CCN3)cc1. The van der Waals surface area contributed by atoms with Crippen LogP contribution in [0.25, 0.3) is 0 Å². The van der Waals surface area contributed by atoms with Crippen LogP contribution >= 0.6 is 0 Å². The second-order valence-electron chi connectivity index (χ2n) is 4.91. The number of benzene rings is 2. The minimum atomic E-state index is -3.77. The Morgan fingerprint density at radius 1 is 1.14 bits per heavy atom. The summed E-state index contributed by atoms with van der Waals surface area (Å²) in [5.74, 6) is 0. The molecule has 1 aliphatic heterocycles. The normalized spacial score (nSPS) is 13.3. The van der Waals surface area contributed by atoms with Gasteiger partial charge in [-0.25, -0.2) is 8.42 Å². The van der Waals surface area contributed by atoms with Gasteiger partial charge >= 0.3 is 0 Å². The molecule has 0 bridgehead atoms. The lowest BCUT2D eigenvalue weighted by molar-refractivity contribution is -0.384. The summed E-state index contributed by atoms with van der Waals surface area (Å²) in [6.07, 6.45) is 0.850. The van der Waals surface area contributed by atoms with Crippen molar-refractivity contribution >= 4 is 27.1 Å². The number of nitro groups is 1. The average Bonchev–Trinajstić information content (AvgIpc) is 2.94. The molecule has 114 valence electrons. The van der Waals surface area contributed by atoms with Crippen LogP contribution in [0.2, 0.25) is 0 Å². The highest BCUT2D eigenvalue weighted by atomic mass is 32.2. The van der Waals surface area contributed by atoms with E-state index in [2.05, 4.69) is 10.0 Å². The molecule has 0 amide bonds. The van der Waals surface area contributed by atoms with Gasteiger partial charge in [0.25, 0.3) is 15.7 Å². The Hall–Kier alpha value is -2.61. The number of nitro benzene ring substituents is 1. The van der Waals surface area contributed by atoms with Gasteiger partial charge in [-0.3, -0.25) is 14.8 Å². The van der Waals surface area contributed by atoms with Crippen molar-refractivity contribution in [2.75, 3.05) is 16.6 Å². The smallest absolute Gasteiger partial charge is 0.269 e. The maximum Gasteiger partial charge on any atom is 0.269 e. The first kappa shape index (κ1) is 14.3. The molecule has 2 aromatic carbocycles. The largest absolute Gasteiger partial charge is 0.384 e. The van der Waals surface area contributed by atoms with Crippen molar-refractivity contribution in [1.29, 1.82) is 0 Å². The van der Waals surface area contributed by atoms with E-state index in [4.69, 9.17) is 0 Å². The minimum absolute atomic E-state index is 0.0169. The summed E-state index contributed by atoms with van der Waals surface area (Å²) in [5, 5.41) is 13.8. The first-order chi connectivity index (χ1) is 10.5. The quantitative estimate of drug-likeness (QED) is 0.665. The van der Waals surface area contributed by atoms with Crippen molar-refractivity contribution in [2.24, 2.45) is 0 Å². The second-order valence-corrected chi connectivity index (χ2v) is 6.59. The fourth-order valence-corrected chi connectivity index (χ4v) is 3.38. The number of non-ortho nitro benzene ring substituents is 1.